The summed E-state index contributed by atoms with van der Waals surface area (Å²) in [6.07, 6.45) is 0.399. The second-order valence-electron chi connectivity index (χ2n) is 6.40. The number of thiophene rings is 1. The Bertz CT molecular complexity index is 870. The predicted molar refractivity (Wildman–Crippen MR) is 104 cm³/mol. The Morgan fingerprint density at radius 1 is 1.22 bits per heavy atom. The smallest absolute Gasteiger partial charge is 0.325 e. The van der Waals surface area contributed by atoms with Gasteiger partial charge >= 0.3 is 6.03 Å². The van der Waals surface area contributed by atoms with Crippen LogP contribution in [0.3, 0.4) is 0 Å². The van der Waals surface area contributed by atoms with E-state index in [0.717, 1.165) is 9.78 Å². The Kier molecular flexibility index (Phi) is 5.53. The molecule has 0 saturated carbocycles. The number of carbonyl (C=O) groups excluding carboxylic acids is 3. The van der Waals surface area contributed by atoms with Crippen LogP contribution in [0.1, 0.15) is 23.8 Å². The summed E-state index contributed by atoms with van der Waals surface area (Å²) in [6.45, 7) is 1.91. The third-order valence-corrected chi connectivity index (χ3v) is 5.93. The Balaban J connectivity index is 1.74. The van der Waals surface area contributed by atoms with E-state index in [1.807, 2.05) is 31.2 Å². The number of nitrogens with one attached hydrogen (secondary N) is 1. The third-order valence-electron chi connectivity index (χ3n) is 4.71. The quantitative estimate of drug-likeness (QED) is 0.750. The van der Waals surface area contributed by atoms with Crippen molar-refractivity contribution in [1.29, 1.82) is 0 Å². The summed E-state index contributed by atoms with van der Waals surface area (Å²) >= 11 is 7.30. The zero-order valence-electron chi connectivity index (χ0n) is 15.1. The number of nitrogens with zero attached hydrogens (tertiary/aromatic N) is 2. The fourth-order valence-corrected chi connectivity index (χ4v) is 4.29. The van der Waals surface area contributed by atoms with Crippen molar-refractivity contribution < 1.29 is 14.4 Å². The maximum absolute atomic E-state index is 13.0. The first-order chi connectivity index (χ1) is 12.9. The van der Waals surface area contributed by atoms with E-state index in [2.05, 4.69) is 5.32 Å². The summed E-state index contributed by atoms with van der Waals surface area (Å²) in [4.78, 5) is 41.5. The molecule has 4 amide bonds. The van der Waals surface area contributed by atoms with E-state index in [4.69, 9.17) is 11.6 Å². The summed E-state index contributed by atoms with van der Waals surface area (Å²) in [7, 11) is 1.64. The molecule has 142 valence electrons. The molecule has 0 radical (unpaired) electrons. The van der Waals surface area contributed by atoms with Gasteiger partial charge in [0.2, 0.25) is 5.91 Å². The number of benzene rings is 1. The molecule has 0 bridgehead atoms. The summed E-state index contributed by atoms with van der Waals surface area (Å²) in [5.74, 6) is -0.717. The summed E-state index contributed by atoms with van der Waals surface area (Å²) in [6, 6.07) is 12.2. The average molecular weight is 406 g/mol. The first-order valence-corrected chi connectivity index (χ1v) is 9.74. The van der Waals surface area contributed by atoms with Gasteiger partial charge in [-0.3, -0.25) is 14.5 Å². The minimum absolute atomic E-state index is 0.297. The molecule has 2 heterocycles. The van der Waals surface area contributed by atoms with Gasteiger partial charge < -0.3 is 10.2 Å². The SMILES string of the molecule is CCC1(c2ccccc2)NC(=O)N(CC(=O)N(C)Cc2ccc(Cl)s2)C1=O. The highest BCUT2D eigenvalue weighted by molar-refractivity contribution is 7.16. The van der Waals surface area contributed by atoms with E-state index in [-0.39, 0.29) is 12.5 Å². The Hall–Kier alpha value is -2.38. The average Bonchev–Trinajstić information content (AvgIpc) is 3.18. The van der Waals surface area contributed by atoms with Crippen molar-refractivity contribution in [2.45, 2.75) is 25.4 Å². The molecule has 1 saturated heterocycles. The number of imide groups is 1. The Morgan fingerprint density at radius 3 is 2.52 bits per heavy atom. The zero-order valence-corrected chi connectivity index (χ0v) is 16.6. The molecule has 2 aromatic rings. The molecule has 0 spiro atoms. The molecule has 27 heavy (non-hydrogen) atoms. The van der Waals surface area contributed by atoms with Crippen molar-refractivity contribution in [1.82, 2.24) is 15.1 Å². The van der Waals surface area contributed by atoms with Crippen molar-refractivity contribution in [2.24, 2.45) is 0 Å². The van der Waals surface area contributed by atoms with Crippen LogP contribution in [0.4, 0.5) is 4.79 Å². The maximum atomic E-state index is 13.0. The lowest BCUT2D eigenvalue weighted by molar-refractivity contribution is -0.138. The molecule has 3 rings (SSSR count). The predicted octanol–water partition coefficient (Wildman–Crippen LogP) is 3.22. The molecule has 6 nitrogen and oxygen atoms in total. The van der Waals surface area contributed by atoms with E-state index >= 15 is 0 Å². The topological polar surface area (TPSA) is 69.7 Å². The van der Waals surface area contributed by atoms with E-state index in [1.54, 1.807) is 25.2 Å². The van der Waals surface area contributed by atoms with Gasteiger partial charge in [-0.15, -0.1) is 11.3 Å². The van der Waals surface area contributed by atoms with Crippen LogP contribution in [-0.2, 0) is 21.7 Å². The van der Waals surface area contributed by atoms with E-state index < -0.39 is 17.5 Å². The monoisotopic (exact) mass is 405 g/mol. The molecular formula is C19H20ClN3O3S. The molecule has 1 atom stereocenters. The van der Waals surface area contributed by atoms with Crippen LogP contribution < -0.4 is 5.32 Å². The standard InChI is InChI=1S/C19H20ClN3O3S/c1-3-19(13-7-5-4-6-8-13)17(25)23(18(26)21-19)12-16(24)22(2)11-14-9-10-15(20)27-14/h4-10H,3,11-12H2,1-2H3,(H,21,26). The molecule has 1 aromatic heterocycles. The van der Waals surface area contributed by atoms with Crippen LogP contribution in [0.2, 0.25) is 4.34 Å². The van der Waals surface area contributed by atoms with Gasteiger partial charge in [-0.25, -0.2) is 4.79 Å². The minimum atomic E-state index is -1.13. The van der Waals surface area contributed by atoms with Crippen molar-refractivity contribution in [3.8, 4) is 0 Å². The lowest BCUT2D eigenvalue weighted by atomic mass is 9.87. The Labute approximate surface area is 166 Å². The van der Waals surface area contributed by atoms with E-state index in [9.17, 15) is 14.4 Å². The summed E-state index contributed by atoms with van der Waals surface area (Å²) in [5, 5.41) is 2.78. The molecule has 1 aromatic carbocycles. The van der Waals surface area contributed by atoms with E-state index in [0.29, 0.717) is 22.9 Å². The van der Waals surface area contributed by atoms with Gasteiger partial charge in [0.05, 0.1) is 10.9 Å². The molecule has 8 heteroatoms. The van der Waals surface area contributed by atoms with Gasteiger partial charge in [-0.1, -0.05) is 48.9 Å². The molecule has 0 aliphatic carbocycles. The fourth-order valence-electron chi connectivity index (χ4n) is 3.15. The summed E-state index contributed by atoms with van der Waals surface area (Å²) in [5.41, 5.74) is -0.416. The van der Waals surface area contributed by atoms with Gasteiger partial charge in [0, 0.05) is 11.9 Å². The van der Waals surface area contributed by atoms with Crippen LogP contribution in [0.25, 0.3) is 0 Å². The highest BCUT2D eigenvalue weighted by Gasteiger charge is 2.51. The van der Waals surface area contributed by atoms with Crippen molar-refractivity contribution in [2.75, 3.05) is 13.6 Å². The van der Waals surface area contributed by atoms with Crippen molar-refractivity contribution in [3.63, 3.8) is 0 Å². The molecule has 1 aliphatic heterocycles. The first kappa shape index (κ1) is 19.4. The highest BCUT2D eigenvalue weighted by atomic mass is 35.5. The van der Waals surface area contributed by atoms with E-state index in [1.165, 1.54) is 16.2 Å². The largest absolute Gasteiger partial charge is 0.339 e. The minimum Gasteiger partial charge on any atom is -0.339 e. The normalized spacial score (nSPS) is 19.3. The van der Waals surface area contributed by atoms with Gasteiger partial charge in [-0.05, 0) is 24.1 Å². The van der Waals surface area contributed by atoms with Crippen LogP contribution in [-0.4, -0.2) is 41.2 Å². The van der Waals surface area contributed by atoms with Gasteiger partial charge in [-0.2, -0.15) is 0 Å². The molecule has 1 aliphatic rings. The van der Waals surface area contributed by atoms with Crippen LogP contribution in [0, 0.1) is 0 Å². The summed E-state index contributed by atoms with van der Waals surface area (Å²) < 4.78 is 0.649. The second kappa shape index (κ2) is 7.70. The van der Waals surface area contributed by atoms with Crippen molar-refractivity contribution >= 4 is 40.8 Å². The molecule has 1 fully saturated rings. The second-order valence-corrected chi connectivity index (χ2v) is 8.20. The lowest BCUT2D eigenvalue weighted by Crippen LogP contribution is -2.45. The third kappa shape index (κ3) is 3.70. The van der Waals surface area contributed by atoms with Gasteiger partial charge in [0.15, 0.2) is 0 Å². The Morgan fingerprint density at radius 2 is 1.93 bits per heavy atom. The fraction of sp³-hybridized carbons (Fsp3) is 0.316. The number of rotatable bonds is 6. The number of amides is 4. The number of urea groups is 1. The first-order valence-electron chi connectivity index (χ1n) is 8.55. The highest BCUT2D eigenvalue weighted by Crippen LogP contribution is 2.32. The van der Waals surface area contributed by atoms with Crippen LogP contribution in [0.5, 0.6) is 0 Å². The van der Waals surface area contributed by atoms with Gasteiger partial charge in [0.25, 0.3) is 5.91 Å². The number of hydrogen-bond acceptors (Lipinski definition) is 4. The molecule has 1 unspecified atom stereocenters. The molecule has 1 N–H and O–H groups in total. The van der Waals surface area contributed by atoms with Crippen molar-refractivity contribution in [3.05, 3.63) is 57.2 Å². The number of hydrogen-bond donors (Lipinski definition) is 1. The zero-order chi connectivity index (χ0) is 19.6. The van der Waals surface area contributed by atoms with Crippen LogP contribution >= 0.6 is 22.9 Å². The number of likely N-dealkylation sites (N-methyl/N-ethyl adjacent to an activating group) is 1. The number of carbonyl (C=O) groups is 3. The molecular weight excluding hydrogens is 386 g/mol. The van der Waals surface area contributed by atoms with Crippen LogP contribution in [0.15, 0.2) is 42.5 Å². The number of halogens is 1. The maximum Gasteiger partial charge on any atom is 0.325 e. The van der Waals surface area contributed by atoms with Gasteiger partial charge in [0.1, 0.15) is 12.1 Å². The lowest BCUT2D eigenvalue weighted by Gasteiger charge is -2.26.